The van der Waals surface area contributed by atoms with Gasteiger partial charge in [-0.3, -0.25) is 9.69 Å². The summed E-state index contributed by atoms with van der Waals surface area (Å²) in [6, 6.07) is 7.18. The fraction of sp³-hybridized carbons (Fsp3) is 0.474. The zero-order chi connectivity index (χ0) is 17.2. The lowest BCUT2D eigenvalue weighted by molar-refractivity contribution is -0.114. The maximum Gasteiger partial charge on any atom is 0.280 e. The lowest BCUT2D eigenvalue weighted by atomic mass is 9.91. The molecule has 0 unspecified atom stereocenters. The molecule has 1 aliphatic carbocycles. The summed E-state index contributed by atoms with van der Waals surface area (Å²) in [5, 5.41) is 3.98. The molecule has 0 atom stereocenters. The number of aromatic nitrogens is 1. The largest absolute Gasteiger partial charge is 0.431 e. The Kier molecular flexibility index (Phi) is 4.72. The smallest absolute Gasteiger partial charge is 0.280 e. The third kappa shape index (κ3) is 3.85. The van der Waals surface area contributed by atoms with Crippen molar-refractivity contribution in [2.75, 3.05) is 18.4 Å². The summed E-state index contributed by atoms with van der Waals surface area (Å²) in [4.78, 5) is 18.0. The number of fused-ring (bicyclic) bond motifs is 1. The highest BCUT2D eigenvalue weighted by Crippen LogP contribution is 2.32. The Morgan fingerprint density at radius 3 is 2.80 bits per heavy atom. The van der Waals surface area contributed by atoms with Gasteiger partial charge in [0, 0.05) is 26.1 Å². The molecule has 2 aromatic rings. The highest BCUT2D eigenvalue weighted by Gasteiger charge is 2.26. The fourth-order valence-corrected chi connectivity index (χ4v) is 4.27. The summed E-state index contributed by atoms with van der Waals surface area (Å²) in [6.45, 7) is 3.80. The average molecular weight is 357 g/mol. The topological polar surface area (TPSA) is 54.5 Å². The van der Waals surface area contributed by atoms with Crippen LogP contribution in [0.2, 0.25) is 0 Å². The molecule has 132 valence electrons. The number of ether oxygens (including phenoxy) is 1. The molecule has 4 rings (SSSR count). The van der Waals surface area contributed by atoms with Gasteiger partial charge in [-0.2, -0.15) is 0 Å². The number of hydrogen-bond donors (Lipinski definition) is 1. The third-order valence-electron chi connectivity index (χ3n) is 5.09. The van der Waals surface area contributed by atoms with Crippen LogP contribution in [-0.4, -0.2) is 34.9 Å². The van der Waals surface area contributed by atoms with Crippen LogP contribution in [0.1, 0.15) is 37.3 Å². The van der Waals surface area contributed by atoms with E-state index in [4.69, 9.17) is 4.74 Å². The fourth-order valence-electron chi connectivity index (χ4n) is 3.54. The number of hydrogen-bond acceptors (Lipinski definition) is 5. The molecule has 6 heteroatoms. The summed E-state index contributed by atoms with van der Waals surface area (Å²) >= 11 is 1.34. The minimum Gasteiger partial charge on any atom is -0.431 e. The molecule has 5 nitrogen and oxygen atoms in total. The van der Waals surface area contributed by atoms with Gasteiger partial charge in [0.25, 0.3) is 5.19 Å². The van der Waals surface area contributed by atoms with Crippen LogP contribution < -0.4 is 10.1 Å². The zero-order valence-electron chi connectivity index (χ0n) is 14.5. The minimum absolute atomic E-state index is 0.101. The van der Waals surface area contributed by atoms with Crippen molar-refractivity contribution >= 4 is 22.2 Å². The van der Waals surface area contributed by atoms with Crippen LogP contribution in [0.3, 0.4) is 0 Å². The Bertz CT molecular complexity index is 770. The van der Waals surface area contributed by atoms with Crippen LogP contribution in [0, 0.1) is 0 Å². The first-order chi connectivity index (χ1) is 12.2. The molecule has 1 amide bonds. The molecule has 0 saturated heterocycles. The summed E-state index contributed by atoms with van der Waals surface area (Å²) in [5.41, 5.74) is 2.82. The number of nitrogens with one attached hydrogen (secondary N) is 1. The molecule has 0 spiro atoms. The van der Waals surface area contributed by atoms with Crippen LogP contribution in [0.4, 0.5) is 5.00 Å². The second kappa shape index (κ2) is 7.14. The Balaban J connectivity index is 1.43. The molecule has 1 aliphatic heterocycles. The van der Waals surface area contributed by atoms with Crippen molar-refractivity contribution < 1.29 is 9.53 Å². The van der Waals surface area contributed by atoms with Gasteiger partial charge in [-0.15, -0.1) is 0 Å². The van der Waals surface area contributed by atoms with E-state index in [-0.39, 0.29) is 5.91 Å². The van der Waals surface area contributed by atoms with Crippen molar-refractivity contribution in [3.05, 3.63) is 35.5 Å². The second-order valence-corrected chi connectivity index (χ2v) is 7.82. The second-order valence-electron chi connectivity index (χ2n) is 6.82. The van der Waals surface area contributed by atoms with Crippen molar-refractivity contribution in [1.29, 1.82) is 0 Å². The molecule has 0 radical (unpaired) electrons. The highest BCUT2D eigenvalue weighted by molar-refractivity contribution is 7.17. The van der Waals surface area contributed by atoms with E-state index < -0.39 is 0 Å². The van der Waals surface area contributed by atoms with E-state index in [1.165, 1.54) is 55.2 Å². The van der Waals surface area contributed by atoms with Crippen molar-refractivity contribution in [3.8, 4) is 10.9 Å². The Morgan fingerprint density at radius 2 is 2.08 bits per heavy atom. The number of carbonyl (C=O) groups is 1. The van der Waals surface area contributed by atoms with Gasteiger partial charge in [-0.1, -0.05) is 23.8 Å². The highest BCUT2D eigenvalue weighted by atomic mass is 32.1. The lowest BCUT2D eigenvalue weighted by Gasteiger charge is -2.36. The number of benzene rings is 1. The van der Waals surface area contributed by atoms with E-state index in [0.29, 0.717) is 10.2 Å². The Morgan fingerprint density at radius 1 is 1.28 bits per heavy atom. The SMILES string of the molecule is CC(=O)Nc1cnc(Oc2ccc3c(c2)CCN(C2CCC2)CC3)s1. The molecule has 1 fully saturated rings. The van der Waals surface area contributed by atoms with Crippen LogP contribution in [0.25, 0.3) is 0 Å². The van der Waals surface area contributed by atoms with E-state index in [2.05, 4.69) is 27.3 Å². The van der Waals surface area contributed by atoms with Gasteiger partial charge < -0.3 is 10.1 Å². The predicted molar refractivity (Wildman–Crippen MR) is 99.6 cm³/mol. The van der Waals surface area contributed by atoms with Gasteiger partial charge >= 0.3 is 0 Å². The summed E-state index contributed by atoms with van der Waals surface area (Å²) in [7, 11) is 0. The third-order valence-corrected chi connectivity index (χ3v) is 5.89. The van der Waals surface area contributed by atoms with Gasteiger partial charge in [0.15, 0.2) is 0 Å². The normalized spacial score (nSPS) is 18.1. The molecule has 1 N–H and O–H groups in total. The molecule has 1 saturated carbocycles. The van der Waals surface area contributed by atoms with Crippen molar-refractivity contribution in [2.45, 2.75) is 45.1 Å². The van der Waals surface area contributed by atoms with Gasteiger partial charge in [0.1, 0.15) is 10.8 Å². The zero-order valence-corrected chi connectivity index (χ0v) is 15.3. The number of thiazole rings is 1. The Hall–Kier alpha value is -1.92. The van der Waals surface area contributed by atoms with Gasteiger partial charge in [0.05, 0.1) is 6.20 Å². The predicted octanol–water partition coefficient (Wildman–Crippen LogP) is 3.85. The first-order valence-corrected chi connectivity index (χ1v) is 9.76. The van der Waals surface area contributed by atoms with E-state index in [1.54, 1.807) is 6.20 Å². The van der Waals surface area contributed by atoms with E-state index in [9.17, 15) is 4.79 Å². The number of rotatable bonds is 4. The van der Waals surface area contributed by atoms with E-state index in [0.717, 1.165) is 31.2 Å². The van der Waals surface area contributed by atoms with E-state index >= 15 is 0 Å². The minimum atomic E-state index is -0.101. The van der Waals surface area contributed by atoms with Crippen LogP contribution >= 0.6 is 11.3 Å². The maximum absolute atomic E-state index is 11.1. The molecular formula is C19H23N3O2S. The van der Waals surface area contributed by atoms with Gasteiger partial charge in [0.2, 0.25) is 5.91 Å². The van der Waals surface area contributed by atoms with Gasteiger partial charge in [-0.25, -0.2) is 4.98 Å². The lowest BCUT2D eigenvalue weighted by Crippen LogP contribution is -2.41. The van der Waals surface area contributed by atoms with Gasteiger partial charge in [-0.05, 0) is 48.9 Å². The van der Waals surface area contributed by atoms with Crippen molar-refractivity contribution in [2.24, 2.45) is 0 Å². The maximum atomic E-state index is 11.1. The first-order valence-electron chi connectivity index (χ1n) is 8.94. The quantitative estimate of drug-likeness (QED) is 0.903. The van der Waals surface area contributed by atoms with Crippen LogP contribution in [0.15, 0.2) is 24.4 Å². The van der Waals surface area contributed by atoms with Crippen molar-refractivity contribution in [3.63, 3.8) is 0 Å². The molecular weight excluding hydrogens is 334 g/mol. The molecule has 0 bridgehead atoms. The summed E-state index contributed by atoms with van der Waals surface area (Å²) in [6.07, 6.45) is 7.95. The standard InChI is InChI=1S/C19H23N3O2S/c1-13(23)21-18-12-20-19(25-18)24-17-6-5-14-7-9-22(16-3-2-4-16)10-8-15(14)11-17/h5-6,11-12,16H,2-4,7-10H2,1H3,(H,21,23). The number of amides is 1. The average Bonchev–Trinajstić information content (AvgIpc) is 2.84. The molecule has 2 heterocycles. The monoisotopic (exact) mass is 357 g/mol. The number of carbonyl (C=O) groups excluding carboxylic acids is 1. The molecule has 1 aromatic heterocycles. The summed E-state index contributed by atoms with van der Waals surface area (Å²) < 4.78 is 5.90. The summed E-state index contributed by atoms with van der Waals surface area (Å²) in [5.74, 6) is 0.718. The molecule has 2 aliphatic rings. The first kappa shape index (κ1) is 16.5. The van der Waals surface area contributed by atoms with Crippen LogP contribution in [-0.2, 0) is 17.6 Å². The van der Waals surface area contributed by atoms with Crippen molar-refractivity contribution in [1.82, 2.24) is 9.88 Å². The number of nitrogens with zero attached hydrogens (tertiary/aromatic N) is 2. The van der Waals surface area contributed by atoms with E-state index in [1.807, 2.05) is 6.07 Å². The Labute approximate surface area is 152 Å². The van der Waals surface area contributed by atoms with Crippen LogP contribution in [0.5, 0.6) is 10.9 Å². The molecule has 25 heavy (non-hydrogen) atoms. The molecule has 1 aromatic carbocycles. The number of anilines is 1.